The number of likely N-dealkylation sites (N-methyl/N-ethyl adjacent to an activating group) is 1. The molecule has 0 aromatic heterocycles. The first-order valence-electron chi connectivity index (χ1n) is 7.89. The van der Waals surface area contributed by atoms with Crippen LogP contribution in [-0.4, -0.2) is 47.6 Å². The largest absolute Gasteiger partial charge is 0.481 e. The lowest BCUT2D eigenvalue weighted by molar-refractivity contribution is -0.147. The number of hydrogen-bond acceptors (Lipinski definition) is 3. The maximum atomic E-state index is 12.4. The molecule has 3 unspecified atom stereocenters. The number of hydrogen-bond donors (Lipinski definition) is 2. The smallest absolute Gasteiger partial charge is 0.307 e. The van der Waals surface area contributed by atoms with Crippen molar-refractivity contribution in [2.45, 2.75) is 38.3 Å². The Morgan fingerprint density at radius 2 is 1.90 bits per heavy atom. The molecule has 0 spiro atoms. The Kier molecular flexibility index (Phi) is 3.78. The monoisotopic (exact) mass is 292 g/mol. The summed E-state index contributed by atoms with van der Waals surface area (Å²) in [5.74, 6) is -1.72. The second-order valence-electron chi connectivity index (χ2n) is 6.83. The van der Waals surface area contributed by atoms with Gasteiger partial charge in [0.05, 0.1) is 11.8 Å². The highest BCUT2D eigenvalue weighted by molar-refractivity contribution is 5.86. The van der Waals surface area contributed by atoms with Crippen LogP contribution in [0.4, 0.5) is 0 Å². The Balaban J connectivity index is 1.57. The van der Waals surface area contributed by atoms with E-state index in [0.29, 0.717) is 18.6 Å². The van der Waals surface area contributed by atoms with Crippen molar-refractivity contribution >= 4 is 11.9 Å². The van der Waals surface area contributed by atoms with Gasteiger partial charge in [0.1, 0.15) is 0 Å². The van der Waals surface area contributed by atoms with Gasteiger partial charge >= 0.3 is 5.97 Å². The van der Waals surface area contributed by atoms with Crippen molar-refractivity contribution in [3.05, 3.63) is 12.2 Å². The van der Waals surface area contributed by atoms with E-state index in [0.717, 1.165) is 6.42 Å². The number of nitrogens with zero attached hydrogens (tertiary/aromatic N) is 1. The number of carbonyl (C=O) groups excluding carboxylic acids is 1. The Hall–Kier alpha value is -1.36. The molecule has 1 amide bonds. The number of aliphatic carboxylic acids is 1. The van der Waals surface area contributed by atoms with E-state index in [2.05, 4.69) is 24.2 Å². The lowest BCUT2D eigenvalue weighted by atomic mass is 9.82. The second-order valence-corrected chi connectivity index (χ2v) is 6.83. The van der Waals surface area contributed by atoms with E-state index in [1.54, 1.807) is 0 Å². The molecule has 0 aromatic rings. The fraction of sp³-hybridized carbons (Fsp3) is 0.750. The molecule has 3 aliphatic carbocycles. The predicted molar refractivity (Wildman–Crippen MR) is 78.6 cm³/mol. The SMILES string of the molecule is CC(CNC(=O)[C@H]1C2C=CC(C2)[C@H]1C(=O)O)N(C)C1CC1. The number of carboxylic acid groups (broad SMARTS) is 1. The third kappa shape index (κ3) is 2.71. The maximum absolute atomic E-state index is 12.4. The third-order valence-corrected chi connectivity index (χ3v) is 5.44. The molecule has 0 heterocycles. The zero-order valence-electron chi connectivity index (χ0n) is 12.7. The summed E-state index contributed by atoms with van der Waals surface area (Å²) in [4.78, 5) is 26.2. The first-order valence-corrected chi connectivity index (χ1v) is 7.89. The number of carboxylic acids is 1. The zero-order chi connectivity index (χ0) is 15.1. The summed E-state index contributed by atoms with van der Waals surface area (Å²) in [7, 11) is 2.09. The van der Waals surface area contributed by atoms with Gasteiger partial charge in [0.2, 0.25) is 5.91 Å². The van der Waals surface area contributed by atoms with Gasteiger partial charge in [-0.05, 0) is 45.1 Å². The van der Waals surface area contributed by atoms with Crippen LogP contribution >= 0.6 is 0 Å². The van der Waals surface area contributed by atoms with Crippen molar-refractivity contribution in [1.29, 1.82) is 0 Å². The molecule has 0 aromatic carbocycles. The van der Waals surface area contributed by atoms with Crippen LogP contribution in [0, 0.1) is 23.7 Å². The van der Waals surface area contributed by atoms with E-state index in [9.17, 15) is 14.7 Å². The minimum Gasteiger partial charge on any atom is -0.481 e. The van der Waals surface area contributed by atoms with Gasteiger partial charge in [-0.25, -0.2) is 0 Å². The molecule has 3 rings (SSSR count). The van der Waals surface area contributed by atoms with Crippen molar-refractivity contribution < 1.29 is 14.7 Å². The second kappa shape index (κ2) is 5.44. The molecule has 5 atom stereocenters. The summed E-state index contributed by atoms with van der Waals surface area (Å²) in [5.41, 5.74) is 0. The van der Waals surface area contributed by atoms with Crippen LogP contribution in [0.5, 0.6) is 0 Å². The highest BCUT2D eigenvalue weighted by Crippen LogP contribution is 2.48. The predicted octanol–water partition coefficient (Wildman–Crippen LogP) is 1.11. The Labute approximate surface area is 125 Å². The molecule has 2 fully saturated rings. The topological polar surface area (TPSA) is 69.6 Å². The summed E-state index contributed by atoms with van der Waals surface area (Å²) >= 11 is 0. The number of fused-ring (bicyclic) bond motifs is 2. The standard InChI is InChI=1S/C16H24N2O3/c1-9(18(2)12-5-6-12)8-17-15(19)13-10-3-4-11(7-10)14(13)16(20)21/h3-4,9-14H,5-8H2,1-2H3,(H,17,19)(H,20,21)/t9?,10?,11?,13-,14+/m0/s1. The Morgan fingerprint density at radius 3 is 2.48 bits per heavy atom. The molecule has 5 heteroatoms. The van der Waals surface area contributed by atoms with Crippen molar-refractivity contribution in [3.8, 4) is 0 Å². The number of nitrogens with one attached hydrogen (secondary N) is 1. The quantitative estimate of drug-likeness (QED) is 0.720. The number of amides is 1. The van der Waals surface area contributed by atoms with Gasteiger partial charge in [-0.1, -0.05) is 12.2 Å². The first-order chi connectivity index (χ1) is 9.99. The third-order valence-electron chi connectivity index (χ3n) is 5.44. The van der Waals surface area contributed by atoms with Crippen molar-refractivity contribution in [2.24, 2.45) is 23.7 Å². The lowest BCUT2D eigenvalue weighted by Gasteiger charge is -2.27. The summed E-state index contributed by atoms with van der Waals surface area (Å²) in [6.07, 6.45) is 7.29. The first kappa shape index (κ1) is 14.6. The maximum Gasteiger partial charge on any atom is 0.307 e. The van der Waals surface area contributed by atoms with E-state index in [4.69, 9.17) is 0 Å². The summed E-state index contributed by atoms with van der Waals surface area (Å²) in [6, 6.07) is 0.952. The van der Waals surface area contributed by atoms with Crippen molar-refractivity contribution in [2.75, 3.05) is 13.6 Å². The average molecular weight is 292 g/mol. The minimum absolute atomic E-state index is 0.0369. The summed E-state index contributed by atoms with van der Waals surface area (Å²) in [6.45, 7) is 2.70. The van der Waals surface area contributed by atoms with E-state index < -0.39 is 17.8 Å². The van der Waals surface area contributed by atoms with Crippen LogP contribution in [0.25, 0.3) is 0 Å². The Bertz CT molecular complexity index is 472. The van der Waals surface area contributed by atoms with Crippen LogP contribution in [0.2, 0.25) is 0 Å². The molecule has 0 saturated heterocycles. The van der Waals surface area contributed by atoms with Gasteiger partial charge in [-0.2, -0.15) is 0 Å². The van der Waals surface area contributed by atoms with Crippen LogP contribution in [0.1, 0.15) is 26.2 Å². The van der Waals surface area contributed by atoms with E-state index >= 15 is 0 Å². The van der Waals surface area contributed by atoms with Crippen LogP contribution in [0.3, 0.4) is 0 Å². The lowest BCUT2D eigenvalue weighted by Crippen LogP contribution is -2.45. The summed E-state index contributed by atoms with van der Waals surface area (Å²) < 4.78 is 0. The summed E-state index contributed by atoms with van der Waals surface area (Å²) in [5, 5.41) is 12.4. The molecular formula is C16H24N2O3. The normalized spacial score (nSPS) is 35.2. The van der Waals surface area contributed by atoms with E-state index in [1.807, 2.05) is 12.2 Å². The van der Waals surface area contributed by atoms with Gasteiger partial charge in [0.15, 0.2) is 0 Å². The van der Waals surface area contributed by atoms with Gasteiger partial charge in [0.25, 0.3) is 0 Å². The highest BCUT2D eigenvalue weighted by Gasteiger charge is 2.51. The number of carbonyl (C=O) groups is 2. The van der Waals surface area contributed by atoms with Crippen LogP contribution in [0.15, 0.2) is 12.2 Å². The van der Waals surface area contributed by atoms with Gasteiger partial charge in [0, 0.05) is 18.6 Å². The van der Waals surface area contributed by atoms with E-state index in [1.165, 1.54) is 12.8 Å². The molecule has 5 nitrogen and oxygen atoms in total. The average Bonchev–Trinajstić information content (AvgIpc) is 3.11. The van der Waals surface area contributed by atoms with Gasteiger partial charge in [-0.3, -0.25) is 14.5 Å². The van der Waals surface area contributed by atoms with Crippen molar-refractivity contribution in [3.63, 3.8) is 0 Å². The molecule has 2 saturated carbocycles. The molecule has 3 aliphatic rings. The Morgan fingerprint density at radius 1 is 1.29 bits per heavy atom. The van der Waals surface area contributed by atoms with Crippen LogP contribution < -0.4 is 5.32 Å². The fourth-order valence-electron chi connectivity index (χ4n) is 3.87. The van der Waals surface area contributed by atoms with Crippen molar-refractivity contribution in [1.82, 2.24) is 10.2 Å². The fourth-order valence-corrected chi connectivity index (χ4v) is 3.87. The molecule has 0 aliphatic heterocycles. The number of allylic oxidation sites excluding steroid dienone is 2. The molecule has 0 radical (unpaired) electrons. The number of rotatable bonds is 6. The molecular weight excluding hydrogens is 268 g/mol. The zero-order valence-corrected chi connectivity index (χ0v) is 12.7. The van der Waals surface area contributed by atoms with Gasteiger partial charge in [-0.15, -0.1) is 0 Å². The molecule has 21 heavy (non-hydrogen) atoms. The highest BCUT2D eigenvalue weighted by atomic mass is 16.4. The molecule has 2 bridgehead atoms. The van der Waals surface area contributed by atoms with Gasteiger partial charge < -0.3 is 10.4 Å². The minimum atomic E-state index is -0.838. The molecule has 2 N–H and O–H groups in total. The van der Waals surface area contributed by atoms with E-state index in [-0.39, 0.29) is 17.7 Å². The van der Waals surface area contributed by atoms with Crippen LogP contribution in [-0.2, 0) is 9.59 Å². The molecule has 116 valence electrons.